The van der Waals surface area contributed by atoms with Crippen LogP contribution >= 0.6 is 0 Å². The van der Waals surface area contributed by atoms with E-state index >= 15 is 0 Å². The van der Waals surface area contributed by atoms with Crippen LogP contribution in [-0.4, -0.2) is 27.5 Å². The molecule has 2 rings (SSSR count). The number of hydrogen-bond donors (Lipinski definition) is 2. The van der Waals surface area contributed by atoms with Crippen LogP contribution in [0.25, 0.3) is 11.0 Å². The Bertz CT molecular complexity index is 556. The zero-order valence-corrected chi connectivity index (χ0v) is 10.7. The molecule has 0 saturated heterocycles. The van der Waals surface area contributed by atoms with Crippen molar-refractivity contribution in [3.63, 3.8) is 0 Å². The minimum absolute atomic E-state index is 0.268. The molecule has 0 bridgehead atoms. The fourth-order valence-electron chi connectivity index (χ4n) is 2.16. The van der Waals surface area contributed by atoms with E-state index in [-0.39, 0.29) is 5.78 Å². The maximum absolute atomic E-state index is 11.4. The van der Waals surface area contributed by atoms with Crippen molar-refractivity contribution in [2.45, 2.75) is 32.6 Å². The zero-order chi connectivity index (χ0) is 13.1. The third kappa shape index (κ3) is 2.29. The second kappa shape index (κ2) is 5.31. The average Bonchev–Trinajstić information content (AvgIpc) is 2.81. The lowest BCUT2D eigenvalue weighted by Gasteiger charge is -2.07. The molecular weight excluding hydrogens is 228 g/mol. The van der Waals surface area contributed by atoms with Gasteiger partial charge in [-0.25, -0.2) is 4.98 Å². The molecule has 0 amide bonds. The molecule has 0 spiro atoms. The molecular formula is C14H18N2O2. The van der Waals surface area contributed by atoms with Gasteiger partial charge in [0.1, 0.15) is 12.4 Å². The summed E-state index contributed by atoms with van der Waals surface area (Å²) in [5.74, 6) is 1.13. The number of nitrogens with one attached hydrogen (secondary N) is 1. The molecule has 0 aliphatic carbocycles. The van der Waals surface area contributed by atoms with Crippen LogP contribution in [0.5, 0.6) is 0 Å². The van der Waals surface area contributed by atoms with E-state index in [1.165, 1.54) is 0 Å². The number of H-pyrrole nitrogens is 1. The summed E-state index contributed by atoms with van der Waals surface area (Å²) < 4.78 is 0. The lowest BCUT2D eigenvalue weighted by atomic mass is 10.0. The summed E-state index contributed by atoms with van der Waals surface area (Å²) in [6.45, 7) is 3.82. The van der Waals surface area contributed by atoms with Gasteiger partial charge in [-0.05, 0) is 31.0 Å². The summed E-state index contributed by atoms with van der Waals surface area (Å²) in [7, 11) is 0. The average molecular weight is 246 g/mol. The highest BCUT2D eigenvalue weighted by Gasteiger charge is 2.13. The molecule has 1 aromatic carbocycles. The third-order valence-corrected chi connectivity index (χ3v) is 3.34. The van der Waals surface area contributed by atoms with Gasteiger partial charge in [0.25, 0.3) is 0 Å². The number of aromatic nitrogens is 2. The van der Waals surface area contributed by atoms with Gasteiger partial charge < -0.3 is 10.1 Å². The van der Waals surface area contributed by atoms with Gasteiger partial charge >= 0.3 is 0 Å². The van der Waals surface area contributed by atoms with Gasteiger partial charge in [0.2, 0.25) is 0 Å². The van der Waals surface area contributed by atoms with Crippen LogP contribution in [0.3, 0.4) is 0 Å². The number of carbonyl (C=O) groups is 1. The molecule has 18 heavy (non-hydrogen) atoms. The van der Waals surface area contributed by atoms with Crippen LogP contribution in [0.4, 0.5) is 0 Å². The fourth-order valence-corrected chi connectivity index (χ4v) is 2.16. The maximum Gasteiger partial charge on any atom is 0.188 e. The minimum atomic E-state index is -0.459. The Morgan fingerprint density at radius 1 is 1.39 bits per heavy atom. The number of rotatable bonds is 5. The number of hydrogen-bond acceptors (Lipinski definition) is 3. The van der Waals surface area contributed by atoms with Crippen LogP contribution < -0.4 is 0 Å². The van der Waals surface area contributed by atoms with Gasteiger partial charge in [-0.3, -0.25) is 4.79 Å². The number of fused-ring (bicyclic) bond motifs is 1. The largest absolute Gasteiger partial charge is 0.388 e. The Labute approximate surface area is 106 Å². The van der Waals surface area contributed by atoms with Crippen LogP contribution in [0.1, 0.15) is 48.8 Å². The predicted octanol–water partition coefficient (Wildman–Crippen LogP) is 2.64. The number of nitrogens with zero attached hydrogens (tertiary/aromatic N) is 1. The number of aliphatic hydroxyl groups is 1. The van der Waals surface area contributed by atoms with E-state index in [0.717, 1.165) is 29.7 Å². The molecule has 96 valence electrons. The molecule has 2 N–H and O–H groups in total. The minimum Gasteiger partial charge on any atom is -0.388 e. The normalized spacial score (nSPS) is 11.3. The Morgan fingerprint density at radius 2 is 2.11 bits per heavy atom. The van der Waals surface area contributed by atoms with E-state index in [1.54, 1.807) is 12.1 Å². The highest BCUT2D eigenvalue weighted by molar-refractivity contribution is 5.99. The van der Waals surface area contributed by atoms with Crippen LogP contribution in [0, 0.1) is 0 Å². The number of ketones is 1. The molecule has 1 aromatic heterocycles. The summed E-state index contributed by atoms with van der Waals surface area (Å²) in [5, 5.41) is 8.85. The number of aromatic amines is 1. The van der Waals surface area contributed by atoms with E-state index < -0.39 is 6.61 Å². The topological polar surface area (TPSA) is 66.0 Å². The first kappa shape index (κ1) is 12.8. The number of imidazole rings is 1. The van der Waals surface area contributed by atoms with Crippen LogP contribution in [0.15, 0.2) is 18.2 Å². The number of Topliss-reactive ketones (excluding diaryl/α,β-unsaturated/α-hetero) is 1. The molecule has 2 aromatic rings. The SMILES string of the molecule is CCC(CC)c1nc2ccc(C(=O)CO)cc2[nH]1. The molecule has 4 heteroatoms. The lowest BCUT2D eigenvalue weighted by Crippen LogP contribution is -2.03. The summed E-state index contributed by atoms with van der Waals surface area (Å²) in [6.07, 6.45) is 2.08. The van der Waals surface area contributed by atoms with Gasteiger partial charge in [-0.15, -0.1) is 0 Å². The summed E-state index contributed by atoms with van der Waals surface area (Å²) in [5.41, 5.74) is 2.24. The molecule has 0 fully saturated rings. The van der Waals surface area contributed by atoms with Crippen molar-refractivity contribution in [2.75, 3.05) is 6.61 Å². The van der Waals surface area contributed by atoms with Gasteiger partial charge in [0.05, 0.1) is 11.0 Å². The van der Waals surface area contributed by atoms with Crippen LogP contribution in [0.2, 0.25) is 0 Å². The van der Waals surface area contributed by atoms with E-state index in [2.05, 4.69) is 23.8 Å². The van der Waals surface area contributed by atoms with Crippen molar-refractivity contribution in [2.24, 2.45) is 0 Å². The molecule has 0 aliphatic rings. The van der Waals surface area contributed by atoms with Crippen molar-refractivity contribution in [1.82, 2.24) is 9.97 Å². The van der Waals surface area contributed by atoms with Crippen molar-refractivity contribution in [3.8, 4) is 0 Å². The van der Waals surface area contributed by atoms with Crippen molar-refractivity contribution >= 4 is 16.8 Å². The van der Waals surface area contributed by atoms with Crippen molar-refractivity contribution in [1.29, 1.82) is 0 Å². The first-order valence-electron chi connectivity index (χ1n) is 6.33. The highest BCUT2D eigenvalue weighted by Crippen LogP contribution is 2.23. The molecule has 0 atom stereocenters. The van der Waals surface area contributed by atoms with Gasteiger partial charge in [0, 0.05) is 11.5 Å². The van der Waals surface area contributed by atoms with E-state index in [4.69, 9.17) is 5.11 Å². The molecule has 4 nitrogen and oxygen atoms in total. The van der Waals surface area contributed by atoms with Gasteiger partial charge in [-0.1, -0.05) is 13.8 Å². The first-order valence-corrected chi connectivity index (χ1v) is 6.33. The summed E-state index contributed by atoms with van der Waals surface area (Å²) >= 11 is 0. The molecule has 0 radical (unpaired) electrons. The molecule has 1 heterocycles. The number of carbonyl (C=O) groups excluding carboxylic acids is 1. The predicted molar refractivity (Wildman–Crippen MR) is 70.8 cm³/mol. The third-order valence-electron chi connectivity index (χ3n) is 3.34. The second-order valence-electron chi connectivity index (χ2n) is 4.45. The second-order valence-corrected chi connectivity index (χ2v) is 4.45. The lowest BCUT2D eigenvalue weighted by molar-refractivity contribution is 0.0904. The summed E-state index contributed by atoms with van der Waals surface area (Å²) in [4.78, 5) is 19.2. The molecule has 0 unspecified atom stereocenters. The standard InChI is InChI=1S/C14H18N2O2/c1-3-9(4-2)14-15-11-6-5-10(13(18)8-17)7-12(11)16-14/h5-7,9,17H,3-4,8H2,1-2H3,(H,15,16). The van der Waals surface area contributed by atoms with Gasteiger partial charge in [-0.2, -0.15) is 0 Å². The Morgan fingerprint density at radius 3 is 2.72 bits per heavy atom. The van der Waals surface area contributed by atoms with Gasteiger partial charge in [0.15, 0.2) is 5.78 Å². The first-order chi connectivity index (χ1) is 8.69. The Kier molecular flexibility index (Phi) is 3.77. The van der Waals surface area contributed by atoms with E-state index in [9.17, 15) is 4.79 Å². The van der Waals surface area contributed by atoms with E-state index in [1.807, 2.05) is 6.07 Å². The maximum atomic E-state index is 11.4. The Hall–Kier alpha value is -1.68. The van der Waals surface area contributed by atoms with Crippen molar-refractivity contribution in [3.05, 3.63) is 29.6 Å². The smallest absolute Gasteiger partial charge is 0.188 e. The Balaban J connectivity index is 2.42. The monoisotopic (exact) mass is 246 g/mol. The highest BCUT2D eigenvalue weighted by atomic mass is 16.3. The number of aliphatic hydroxyl groups excluding tert-OH is 1. The van der Waals surface area contributed by atoms with E-state index in [0.29, 0.717) is 11.5 Å². The van der Waals surface area contributed by atoms with Crippen LogP contribution in [-0.2, 0) is 0 Å². The van der Waals surface area contributed by atoms with Crippen molar-refractivity contribution < 1.29 is 9.90 Å². The summed E-state index contributed by atoms with van der Waals surface area (Å²) in [6, 6.07) is 5.28. The fraction of sp³-hybridized carbons (Fsp3) is 0.429. The zero-order valence-electron chi connectivity index (χ0n) is 10.7. The quantitative estimate of drug-likeness (QED) is 0.797. The number of benzene rings is 1. The molecule has 0 aliphatic heterocycles. The molecule has 0 saturated carbocycles.